The lowest BCUT2D eigenvalue weighted by molar-refractivity contribution is -0.733. The number of imidazole rings is 1. The third-order valence-corrected chi connectivity index (χ3v) is 8.72. The van der Waals surface area contributed by atoms with Crippen LogP contribution in [0, 0.1) is 13.8 Å². The standard InChI is InChI=1S/C35H40F6N6O2/c1-7-9-15-46-19-17-44(5)31(46)29(48)42-27-21-25(13-11-23(27)3)33(34(36,37)38,35(39,40)41)26-14-12-24(4)28(22-26)43-30(49)32-45(6)18-20-47(32)16-10-8-2/h11-14,17-22H,7-10,15-16H2,1-6H3/p+1. The highest BCUT2D eigenvalue weighted by Gasteiger charge is 2.72. The minimum atomic E-state index is -5.91. The number of halogens is 6. The predicted molar refractivity (Wildman–Crippen MR) is 170 cm³/mol. The van der Waals surface area contributed by atoms with Gasteiger partial charge in [-0.15, -0.1) is 4.58 Å². The van der Waals surface area contributed by atoms with Gasteiger partial charge >= 0.3 is 18.2 Å². The van der Waals surface area contributed by atoms with E-state index in [1.54, 1.807) is 48.0 Å². The van der Waals surface area contributed by atoms with Gasteiger partial charge in [0.25, 0.3) is 5.82 Å². The molecule has 1 aliphatic heterocycles. The van der Waals surface area contributed by atoms with Crippen LogP contribution in [0.25, 0.3) is 0 Å². The maximum atomic E-state index is 15.2. The summed E-state index contributed by atoms with van der Waals surface area (Å²) >= 11 is 0. The molecule has 4 rings (SSSR count). The largest absolute Gasteiger partial charge is 0.853 e. The Morgan fingerprint density at radius 2 is 1.37 bits per heavy atom. The average molecular weight is 692 g/mol. The van der Waals surface area contributed by atoms with E-state index in [0.717, 1.165) is 49.9 Å². The maximum absolute atomic E-state index is 15.2. The van der Waals surface area contributed by atoms with Crippen LogP contribution in [-0.2, 0) is 19.0 Å². The van der Waals surface area contributed by atoms with Crippen LogP contribution >= 0.6 is 0 Å². The Labute approximate surface area is 281 Å². The number of rotatable bonds is 12. The molecule has 0 bridgehead atoms. The monoisotopic (exact) mass is 691 g/mol. The lowest BCUT2D eigenvalue weighted by atomic mass is 9.72. The van der Waals surface area contributed by atoms with Gasteiger partial charge in [0, 0.05) is 6.42 Å². The molecule has 0 spiro atoms. The molecule has 1 unspecified atom stereocenters. The second-order valence-electron chi connectivity index (χ2n) is 12.3. The van der Waals surface area contributed by atoms with E-state index in [2.05, 4.69) is 9.98 Å². The molecule has 1 N–H and O–H groups in total. The highest BCUT2D eigenvalue weighted by molar-refractivity contribution is 6.30. The van der Waals surface area contributed by atoms with Crippen molar-refractivity contribution in [2.75, 3.05) is 13.6 Å². The number of benzene rings is 2. The van der Waals surface area contributed by atoms with Crippen LogP contribution in [0.1, 0.15) is 67.6 Å². The summed E-state index contributed by atoms with van der Waals surface area (Å²) in [4.78, 5) is 8.64. The van der Waals surface area contributed by atoms with Gasteiger partial charge in [-0.1, -0.05) is 51.0 Å². The molecule has 2 heterocycles. The van der Waals surface area contributed by atoms with Crippen molar-refractivity contribution in [3.63, 3.8) is 0 Å². The number of quaternary nitrogens is 1. The zero-order chi connectivity index (χ0) is 36.3. The molecule has 49 heavy (non-hydrogen) atoms. The predicted octanol–water partition coefficient (Wildman–Crippen LogP) is 4.18. The number of hydrogen-bond donors (Lipinski definition) is 1. The molecular formula is C35H41F6N6O2+. The highest BCUT2D eigenvalue weighted by Crippen LogP contribution is 2.57. The number of aromatic nitrogens is 2. The van der Waals surface area contributed by atoms with Gasteiger partial charge in [0.2, 0.25) is 11.6 Å². The number of nitrogens with zero attached hydrogens (tertiary/aromatic N) is 5. The molecule has 1 aromatic heterocycles. The molecule has 0 amide bonds. The van der Waals surface area contributed by atoms with Gasteiger partial charge in [-0.2, -0.15) is 26.3 Å². The van der Waals surface area contributed by atoms with E-state index in [1.807, 2.05) is 13.8 Å². The molecule has 0 radical (unpaired) electrons. The van der Waals surface area contributed by atoms with Gasteiger partial charge in [-0.25, -0.2) is 14.0 Å². The summed E-state index contributed by atoms with van der Waals surface area (Å²) in [6.45, 7) is 7.81. The molecule has 1 aliphatic rings. The van der Waals surface area contributed by atoms with Gasteiger partial charge in [0.05, 0.1) is 37.9 Å². The van der Waals surface area contributed by atoms with Gasteiger partial charge < -0.3 is 10.2 Å². The fraction of sp³-hybridized carbons (Fsp3) is 0.429. The van der Waals surface area contributed by atoms with Crippen molar-refractivity contribution in [1.82, 2.24) is 4.57 Å². The Morgan fingerprint density at radius 1 is 0.837 bits per heavy atom. The van der Waals surface area contributed by atoms with E-state index in [9.17, 15) is 10.2 Å². The zero-order valence-corrected chi connectivity index (χ0v) is 28.3. The first kappa shape index (κ1) is 37.4. The Morgan fingerprint density at radius 3 is 1.88 bits per heavy atom. The van der Waals surface area contributed by atoms with Crippen molar-refractivity contribution in [1.29, 1.82) is 0 Å². The molecule has 0 fully saturated rings. The summed E-state index contributed by atoms with van der Waals surface area (Å²) in [5.41, 5.74) is -7.15. The zero-order valence-electron chi connectivity index (χ0n) is 28.3. The Hall–Kier alpha value is -4.46. The lowest BCUT2D eigenvalue weighted by Crippen LogP contribution is -3.08. The van der Waals surface area contributed by atoms with E-state index in [1.165, 1.54) is 18.4 Å². The fourth-order valence-corrected chi connectivity index (χ4v) is 5.92. The second-order valence-corrected chi connectivity index (χ2v) is 12.3. The van der Waals surface area contributed by atoms with Crippen LogP contribution in [0.15, 0.2) is 71.2 Å². The minimum absolute atomic E-state index is 0.127. The first-order chi connectivity index (χ1) is 23.0. The normalized spacial score (nSPS) is 16.3. The van der Waals surface area contributed by atoms with Crippen LogP contribution in [-0.4, -0.2) is 52.7 Å². The van der Waals surface area contributed by atoms with Crippen LogP contribution in [0.5, 0.6) is 0 Å². The SMILES string of the molecule is CCCCn1cc[n+](C)c1C([O-])=Nc1cc(C(c2ccc(C)c(N=C([O-])C3=[N+](CCCC)C=C[NH+]3C)c2)(C(F)(F)F)C(F)(F)F)ccc1C. The van der Waals surface area contributed by atoms with Crippen LogP contribution in [0.4, 0.5) is 37.7 Å². The third kappa shape index (κ3) is 7.29. The van der Waals surface area contributed by atoms with Crippen LogP contribution in [0.3, 0.4) is 0 Å². The number of alkyl halides is 6. The molecule has 2 aromatic carbocycles. The number of amidine groups is 1. The summed E-state index contributed by atoms with van der Waals surface area (Å²) in [5, 5.41) is 26.7. The highest BCUT2D eigenvalue weighted by atomic mass is 19.4. The average Bonchev–Trinajstić information content (AvgIpc) is 3.58. The Balaban J connectivity index is 1.92. The molecule has 3 aromatic rings. The summed E-state index contributed by atoms with van der Waals surface area (Å²) < 4.78 is 96.0. The van der Waals surface area contributed by atoms with Crippen molar-refractivity contribution in [2.45, 2.75) is 77.7 Å². The van der Waals surface area contributed by atoms with E-state index in [0.29, 0.717) is 30.1 Å². The molecule has 1 atom stereocenters. The van der Waals surface area contributed by atoms with Crippen molar-refractivity contribution in [2.24, 2.45) is 17.0 Å². The summed E-state index contributed by atoms with van der Waals surface area (Å²) in [7, 11) is 3.28. The van der Waals surface area contributed by atoms with Crippen molar-refractivity contribution in [3.8, 4) is 0 Å². The van der Waals surface area contributed by atoms with Crippen LogP contribution < -0.4 is 19.7 Å². The third-order valence-electron chi connectivity index (χ3n) is 8.72. The first-order valence-corrected chi connectivity index (χ1v) is 16.1. The van der Waals surface area contributed by atoms with Gasteiger partial charge in [0.15, 0.2) is 12.7 Å². The number of unbranched alkanes of at least 4 members (excludes halogenated alkanes) is 2. The Kier molecular flexibility index (Phi) is 11.1. The van der Waals surface area contributed by atoms with Crippen LogP contribution in [0.2, 0.25) is 0 Å². The fourth-order valence-electron chi connectivity index (χ4n) is 5.92. The Bertz CT molecular complexity index is 1790. The molecular weight excluding hydrogens is 650 g/mol. The van der Waals surface area contributed by atoms with Crippen molar-refractivity contribution in [3.05, 3.63) is 89.3 Å². The van der Waals surface area contributed by atoms with Gasteiger partial charge in [0.1, 0.15) is 18.3 Å². The summed E-state index contributed by atoms with van der Waals surface area (Å²) in [6.07, 6.45) is -1.98. The summed E-state index contributed by atoms with van der Waals surface area (Å²) in [6, 6.07) is 5.00. The van der Waals surface area contributed by atoms with Crippen molar-refractivity contribution >= 4 is 29.0 Å². The molecule has 0 saturated carbocycles. The lowest BCUT2D eigenvalue weighted by Gasteiger charge is -2.38. The molecule has 14 heteroatoms. The maximum Gasteiger partial charge on any atom is 0.411 e. The number of likely N-dealkylation sites (N-methyl/N-ethyl adjacent to an activating group) is 1. The minimum Gasteiger partial charge on any atom is -0.853 e. The van der Waals surface area contributed by atoms with Gasteiger partial charge in [-0.3, -0.25) is 9.98 Å². The molecule has 0 saturated heterocycles. The van der Waals surface area contributed by atoms with E-state index in [-0.39, 0.29) is 34.2 Å². The smallest absolute Gasteiger partial charge is 0.411 e. The molecule has 264 valence electrons. The van der Waals surface area contributed by atoms with Gasteiger partial charge in [-0.05, 0) is 54.7 Å². The quantitative estimate of drug-likeness (QED) is 0.134. The number of aliphatic imine (C=N–C) groups is 2. The number of hydrogen-bond acceptors (Lipinski definition) is 4. The molecule has 0 aliphatic carbocycles. The number of nitrogens with one attached hydrogen (secondary N) is 1. The topological polar surface area (TPSA) is 87.1 Å². The van der Waals surface area contributed by atoms with E-state index >= 15 is 26.3 Å². The summed E-state index contributed by atoms with van der Waals surface area (Å²) in [5.74, 6) is -1.26. The molecule has 8 nitrogen and oxygen atoms in total. The van der Waals surface area contributed by atoms with Crippen molar-refractivity contribution < 1.29 is 50.6 Å². The second kappa shape index (κ2) is 14.6. The first-order valence-electron chi connectivity index (χ1n) is 16.1. The van der Waals surface area contributed by atoms with E-state index in [4.69, 9.17) is 0 Å². The number of aryl methyl sites for hydroxylation is 4. The van der Waals surface area contributed by atoms with E-state index < -0.39 is 40.7 Å².